The molecule has 1 fully saturated rings. The van der Waals surface area contributed by atoms with E-state index in [2.05, 4.69) is 22.1 Å². The highest BCUT2D eigenvalue weighted by molar-refractivity contribution is 5.93. The number of benzene rings is 1. The van der Waals surface area contributed by atoms with Gasteiger partial charge in [-0.2, -0.15) is 4.98 Å². The fourth-order valence-electron chi connectivity index (χ4n) is 3.01. The van der Waals surface area contributed by atoms with E-state index in [0.717, 1.165) is 30.5 Å². The van der Waals surface area contributed by atoms with Gasteiger partial charge in [0.05, 0.1) is 7.11 Å². The number of piperazine rings is 1. The van der Waals surface area contributed by atoms with Gasteiger partial charge in [-0.15, -0.1) is 0 Å². The summed E-state index contributed by atoms with van der Waals surface area (Å²) in [6, 6.07) is 10.2. The molecule has 28 heavy (non-hydrogen) atoms. The summed E-state index contributed by atoms with van der Waals surface area (Å²) in [5, 5.41) is 4.43. The third kappa shape index (κ3) is 4.76. The van der Waals surface area contributed by atoms with Crippen LogP contribution in [0.4, 0.5) is 10.2 Å². The third-order valence-electron chi connectivity index (χ3n) is 4.64. The van der Waals surface area contributed by atoms with E-state index in [9.17, 15) is 9.18 Å². The van der Waals surface area contributed by atoms with E-state index in [4.69, 9.17) is 9.57 Å². The second kappa shape index (κ2) is 8.99. The quantitative estimate of drug-likeness (QED) is 0.766. The largest absolute Gasteiger partial charge is 0.473 e. The molecule has 0 unspecified atom stereocenters. The van der Waals surface area contributed by atoms with Gasteiger partial charge in [0.1, 0.15) is 18.2 Å². The molecule has 2 heterocycles. The number of carbonyl (C=O) groups excluding carboxylic acids is 1. The minimum atomic E-state index is -0.512. The highest BCUT2D eigenvalue weighted by Crippen LogP contribution is 2.19. The number of amides is 1. The average Bonchev–Trinajstić information content (AvgIpc) is 2.72. The lowest BCUT2D eigenvalue weighted by molar-refractivity contribution is -0.0757. The van der Waals surface area contributed by atoms with Gasteiger partial charge in [0, 0.05) is 49.9 Å². The number of hydroxylamine groups is 2. The lowest BCUT2D eigenvalue weighted by Crippen LogP contribution is -2.49. The molecule has 3 rings (SSSR count). The Morgan fingerprint density at radius 1 is 1.39 bits per heavy atom. The Hall–Kier alpha value is -2.71. The Labute approximate surface area is 164 Å². The number of aromatic nitrogens is 1. The van der Waals surface area contributed by atoms with Crippen LogP contribution in [0.1, 0.15) is 22.8 Å². The lowest BCUT2D eigenvalue weighted by Gasteiger charge is -2.32. The molecule has 0 saturated carbocycles. The first kappa shape index (κ1) is 20.0. The van der Waals surface area contributed by atoms with Crippen molar-refractivity contribution in [2.75, 3.05) is 38.7 Å². The van der Waals surface area contributed by atoms with Crippen molar-refractivity contribution in [1.29, 1.82) is 0 Å². The summed E-state index contributed by atoms with van der Waals surface area (Å²) in [5.41, 5.74) is 0.554. The van der Waals surface area contributed by atoms with Gasteiger partial charge in [0.15, 0.2) is 0 Å². The van der Waals surface area contributed by atoms with Gasteiger partial charge in [0.2, 0.25) is 5.88 Å². The van der Waals surface area contributed by atoms with Crippen LogP contribution in [0.25, 0.3) is 0 Å². The van der Waals surface area contributed by atoms with Gasteiger partial charge in [0.25, 0.3) is 5.91 Å². The minimum Gasteiger partial charge on any atom is -0.473 e. The Bertz CT molecular complexity index is 833. The first-order valence-electron chi connectivity index (χ1n) is 9.16. The van der Waals surface area contributed by atoms with Crippen molar-refractivity contribution in [3.05, 3.63) is 53.3 Å². The fourth-order valence-corrected chi connectivity index (χ4v) is 3.01. The number of pyridine rings is 1. The average molecular weight is 388 g/mol. The Kier molecular flexibility index (Phi) is 6.43. The van der Waals surface area contributed by atoms with E-state index in [1.807, 2.05) is 12.1 Å². The van der Waals surface area contributed by atoms with Gasteiger partial charge in [-0.05, 0) is 25.1 Å². The first-order valence-corrected chi connectivity index (χ1v) is 9.16. The zero-order chi connectivity index (χ0) is 20.1. The van der Waals surface area contributed by atoms with E-state index < -0.39 is 11.7 Å². The van der Waals surface area contributed by atoms with Crippen LogP contribution in [0.3, 0.4) is 0 Å². The molecule has 0 aliphatic carbocycles. The second-order valence-electron chi connectivity index (χ2n) is 6.72. The standard InChI is InChI=1S/C20H25FN4O3/c1-14-12-25(10-9-22-14)18-5-4-6-19(23-18)28-13-16-8-7-15(11-17(16)21)20(26)24(2)27-3/h4-8,11,14,22H,9-10,12-13H2,1-3H3/t14-/m0/s1. The van der Waals surface area contributed by atoms with Crippen molar-refractivity contribution in [1.82, 2.24) is 15.4 Å². The molecule has 2 aromatic rings. The number of nitrogens with zero attached hydrogens (tertiary/aromatic N) is 3. The molecule has 0 spiro atoms. The van der Waals surface area contributed by atoms with Crippen LogP contribution in [-0.4, -0.2) is 55.8 Å². The molecule has 1 N–H and O–H groups in total. The Morgan fingerprint density at radius 2 is 2.21 bits per heavy atom. The zero-order valence-corrected chi connectivity index (χ0v) is 16.3. The molecular weight excluding hydrogens is 363 g/mol. The Balaban J connectivity index is 1.66. The van der Waals surface area contributed by atoms with Gasteiger partial charge >= 0.3 is 0 Å². The van der Waals surface area contributed by atoms with Crippen LogP contribution in [-0.2, 0) is 11.4 Å². The van der Waals surface area contributed by atoms with E-state index in [1.165, 1.54) is 26.3 Å². The monoisotopic (exact) mass is 388 g/mol. The third-order valence-corrected chi connectivity index (χ3v) is 4.64. The number of halogens is 1. The molecule has 1 aliphatic rings. The molecule has 1 atom stereocenters. The summed E-state index contributed by atoms with van der Waals surface area (Å²) in [7, 11) is 2.84. The maximum Gasteiger partial charge on any atom is 0.277 e. The lowest BCUT2D eigenvalue weighted by atomic mass is 10.1. The normalized spacial score (nSPS) is 16.7. The van der Waals surface area contributed by atoms with Crippen molar-refractivity contribution in [3.63, 3.8) is 0 Å². The summed E-state index contributed by atoms with van der Waals surface area (Å²) in [6.07, 6.45) is 0. The highest BCUT2D eigenvalue weighted by Gasteiger charge is 2.18. The number of nitrogens with one attached hydrogen (secondary N) is 1. The summed E-state index contributed by atoms with van der Waals surface area (Å²) in [4.78, 5) is 23.6. The maximum atomic E-state index is 14.4. The van der Waals surface area contributed by atoms with Crippen molar-refractivity contribution in [2.45, 2.75) is 19.6 Å². The van der Waals surface area contributed by atoms with Crippen LogP contribution in [0.5, 0.6) is 5.88 Å². The van der Waals surface area contributed by atoms with Crippen LogP contribution in [0.2, 0.25) is 0 Å². The molecule has 1 aromatic carbocycles. The van der Waals surface area contributed by atoms with Crippen molar-refractivity contribution in [2.24, 2.45) is 0 Å². The smallest absolute Gasteiger partial charge is 0.277 e. The zero-order valence-electron chi connectivity index (χ0n) is 16.3. The van der Waals surface area contributed by atoms with E-state index >= 15 is 0 Å². The summed E-state index contributed by atoms with van der Waals surface area (Å²) in [6.45, 7) is 4.81. The van der Waals surface area contributed by atoms with Crippen LogP contribution in [0, 0.1) is 5.82 Å². The van der Waals surface area contributed by atoms with Gasteiger partial charge in [-0.3, -0.25) is 9.63 Å². The van der Waals surface area contributed by atoms with Crippen LogP contribution >= 0.6 is 0 Å². The molecule has 1 aliphatic heterocycles. The van der Waals surface area contributed by atoms with Gasteiger partial charge < -0.3 is 15.0 Å². The Morgan fingerprint density at radius 3 is 2.93 bits per heavy atom. The number of rotatable bonds is 6. The summed E-state index contributed by atoms with van der Waals surface area (Å²) in [5.74, 6) is 0.341. The van der Waals surface area contributed by atoms with E-state index in [0.29, 0.717) is 17.5 Å². The minimum absolute atomic E-state index is 0.0227. The highest BCUT2D eigenvalue weighted by atomic mass is 19.1. The molecule has 0 radical (unpaired) electrons. The van der Waals surface area contributed by atoms with Crippen LogP contribution in [0.15, 0.2) is 36.4 Å². The number of anilines is 1. The topological polar surface area (TPSA) is 66.9 Å². The number of hydrogen-bond acceptors (Lipinski definition) is 6. The number of carbonyl (C=O) groups is 1. The summed E-state index contributed by atoms with van der Waals surface area (Å²) < 4.78 is 20.1. The fraction of sp³-hybridized carbons (Fsp3) is 0.400. The molecule has 7 nitrogen and oxygen atoms in total. The molecule has 150 valence electrons. The first-order chi connectivity index (χ1) is 13.5. The molecule has 1 saturated heterocycles. The summed E-state index contributed by atoms with van der Waals surface area (Å²) >= 11 is 0. The number of ether oxygens (including phenoxy) is 1. The predicted octanol–water partition coefficient (Wildman–Crippen LogP) is 2.23. The van der Waals surface area contributed by atoms with E-state index in [1.54, 1.807) is 12.1 Å². The second-order valence-corrected chi connectivity index (χ2v) is 6.72. The molecule has 1 amide bonds. The molecule has 0 bridgehead atoms. The van der Waals surface area contributed by atoms with E-state index in [-0.39, 0.29) is 12.2 Å². The molecule has 8 heteroatoms. The van der Waals surface area contributed by atoms with Crippen LogP contribution < -0.4 is 15.0 Å². The number of hydrogen-bond donors (Lipinski definition) is 1. The maximum absolute atomic E-state index is 14.4. The molecular formula is C20H25FN4O3. The predicted molar refractivity (Wildman–Crippen MR) is 104 cm³/mol. The van der Waals surface area contributed by atoms with Gasteiger partial charge in [-0.25, -0.2) is 9.45 Å². The van der Waals surface area contributed by atoms with Crippen molar-refractivity contribution >= 4 is 11.7 Å². The molecule has 1 aromatic heterocycles. The van der Waals surface area contributed by atoms with Crippen molar-refractivity contribution < 1.29 is 18.8 Å². The van der Waals surface area contributed by atoms with Gasteiger partial charge in [-0.1, -0.05) is 12.1 Å². The van der Waals surface area contributed by atoms with Crippen molar-refractivity contribution in [3.8, 4) is 5.88 Å². The SMILES string of the molecule is CON(C)C(=O)c1ccc(COc2cccc(N3CCN[C@@H](C)C3)n2)c(F)c1.